The monoisotopic (exact) mass is 351 g/mol. The molecule has 1 aliphatic carbocycles. The zero-order valence-corrected chi connectivity index (χ0v) is 15.7. The second-order valence-electron chi connectivity index (χ2n) is 8.19. The van der Waals surface area contributed by atoms with Gasteiger partial charge in [0.25, 0.3) is 11.8 Å². The van der Waals surface area contributed by atoms with Gasteiger partial charge in [-0.2, -0.15) is 5.10 Å². The van der Waals surface area contributed by atoms with Crippen molar-refractivity contribution in [3.8, 4) is 0 Å². The summed E-state index contributed by atoms with van der Waals surface area (Å²) in [4.78, 5) is 27.1. The predicted molar refractivity (Wildman–Crippen MR) is 102 cm³/mol. The number of benzene rings is 1. The Morgan fingerprint density at radius 2 is 2.04 bits per heavy atom. The molecule has 2 fully saturated rings. The van der Waals surface area contributed by atoms with Crippen LogP contribution in [0.15, 0.2) is 41.0 Å². The minimum Gasteiger partial charge on any atom is -0.335 e. The second-order valence-corrected chi connectivity index (χ2v) is 8.19. The van der Waals surface area contributed by atoms with Crippen LogP contribution in [0.1, 0.15) is 56.8 Å². The molecule has 0 aromatic heterocycles. The number of hydrogen-bond acceptors (Lipinski definition) is 3. The lowest BCUT2D eigenvalue weighted by molar-refractivity contribution is -0.116. The first-order valence-electron chi connectivity index (χ1n) is 9.31. The lowest BCUT2D eigenvalue weighted by atomic mass is 9.75. The Kier molecular flexibility index (Phi) is 3.98. The second kappa shape index (κ2) is 6.08. The molecule has 1 saturated heterocycles. The number of amides is 2. The van der Waals surface area contributed by atoms with Gasteiger partial charge < -0.3 is 4.90 Å². The lowest BCUT2D eigenvalue weighted by Crippen LogP contribution is -2.35. The minimum atomic E-state index is -0.0262. The van der Waals surface area contributed by atoms with Gasteiger partial charge in [-0.05, 0) is 62.8 Å². The molecule has 0 spiro atoms. The van der Waals surface area contributed by atoms with Gasteiger partial charge in [-0.25, -0.2) is 5.01 Å². The van der Waals surface area contributed by atoms with Crippen LogP contribution in [0, 0.1) is 5.41 Å². The van der Waals surface area contributed by atoms with Gasteiger partial charge in [-0.3, -0.25) is 9.59 Å². The Balaban J connectivity index is 1.53. The molecule has 4 rings (SSSR count). The van der Waals surface area contributed by atoms with E-state index in [1.54, 1.807) is 0 Å². The van der Waals surface area contributed by atoms with Crippen molar-refractivity contribution in [2.45, 2.75) is 52.5 Å². The van der Waals surface area contributed by atoms with Crippen molar-refractivity contribution >= 4 is 23.2 Å². The van der Waals surface area contributed by atoms with E-state index in [-0.39, 0.29) is 17.2 Å². The van der Waals surface area contributed by atoms with Gasteiger partial charge in [0.2, 0.25) is 0 Å². The lowest BCUT2D eigenvalue weighted by Gasteiger charge is -2.29. The molecule has 2 aliphatic heterocycles. The Hall–Kier alpha value is -2.43. The van der Waals surface area contributed by atoms with E-state index in [9.17, 15) is 9.59 Å². The van der Waals surface area contributed by atoms with Crippen LogP contribution in [0.2, 0.25) is 0 Å². The highest BCUT2D eigenvalue weighted by Gasteiger charge is 2.46. The maximum absolute atomic E-state index is 13.1. The van der Waals surface area contributed by atoms with Crippen molar-refractivity contribution in [3.63, 3.8) is 0 Å². The third-order valence-corrected chi connectivity index (χ3v) is 5.81. The zero-order chi connectivity index (χ0) is 18.5. The van der Waals surface area contributed by atoms with E-state index in [2.05, 4.69) is 29.9 Å². The summed E-state index contributed by atoms with van der Waals surface area (Å²) in [6.45, 7) is 7.06. The van der Waals surface area contributed by atoms with Crippen LogP contribution < -0.4 is 5.01 Å². The molecule has 136 valence electrons. The summed E-state index contributed by atoms with van der Waals surface area (Å²) in [5.74, 6) is 0.0665. The Morgan fingerprint density at radius 3 is 2.65 bits per heavy atom. The fourth-order valence-corrected chi connectivity index (χ4v) is 4.64. The summed E-state index contributed by atoms with van der Waals surface area (Å²) in [6, 6.07) is 7.56. The molecule has 0 N–H and O–H groups in total. The van der Waals surface area contributed by atoms with Crippen LogP contribution in [0.25, 0.3) is 0 Å². The molecule has 2 bridgehead atoms. The molecule has 26 heavy (non-hydrogen) atoms. The van der Waals surface area contributed by atoms with Gasteiger partial charge in [0.15, 0.2) is 0 Å². The van der Waals surface area contributed by atoms with Crippen molar-refractivity contribution in [2.24, 2.45) is 10.5 Å². The van der Waals surface area contributed by atoms with Crippen molar-refractivity contribution < 1.29 is 9.59 Å². The summed E-state index contributed by atoms with van der Waals surface area (Å²) in [5.41, 5.74) is 3.88. The predicted octanol–water partition coefficient (Wildman–Crippen LogP) is 3.76. The van der Waals surface area contributed by atoms with E-state index >= 15 is 0 Å². The Bertz CT molecular complexity index is 824. The highest BCUT2D eigenvalue weighted by molar-refractivity contribution is 6.12. The van der Waals surface area contributed by atoms with E-state index < -0.39 is 0 Å². The van der Waals surface area contributed by atoms with Crippen molar-refractivity contribution in [1.29, 1.82) is 0 Å². The maximum atomic E-state index is 13.1. The maximum Gasteiger partial charge on any atom is 0.254 e. The number of nitrogens with zero attached hydrogens (tertiary/aromatic N) is 3. The van der Waals surface area contributed by atoms with E-state index in [0.29, 0.717) is 23.7 Å². The first-order valence-corrected chi connectivity index (χ1v) is 9.31. The molecule has 0 radical (unpaired) electrons. The normalized spacial score (nSPS) is 29.5. The summed E-state index contributed by atoms with van der Waals surface area (Å²) >= 11 is 0. The number of hydrogen-bond donors (Lipinski definition) is 0. The number of allylic oxidation sites excluding steroid dienone is 1. The number of carbonyl (C=O) groups excluding carboxylic acids is 2. The molecule has 5 heteroatoms. The summed E-state index contributed by atoms with van der Waals surface area (Å²) in [7, 11) is 0. The first-order chi connectivity index (χ1) is 12.4. The number of rotatable bonds is 2. The topological polar surface area (TPSA) is 53.0 Å². The summed E-state index contributed by atoms with van der Waals surface area (Å²) in [6.07, 6.45) is 5.75. The number of anilines is 1. The first kappa shape index (κ1) is 17.0. The van der Waals surface area contributed by atoms with E-state index in [4.69, 9.17) is 0 Å². The fourth-order valence-electron chi connectivity index (χ4n) is 4.64. The van der Waals surface area contributed by atoms with Gasteiger partial charge in [0.05, 0.1) is 12.1 Å². The van der Waals surface area contributed by atoms with Crippen LogP contribution in [-0.4, -0.2) is 35.0 Å². The van der Waals surface area contributed by atoms with E-state index in [0.717, 1.165) is 31.5 Å². The molecule has 2 atom stereocenters. The zero-order valence-electron chi connectivity index (χ0n) is 15.7. The SMILES string of the molecule is C/C=C1/CC2CC(C)(C1)CN2C(=O)c1ccc(N2N=C(C)CC2=O)cc1. The van der Waals surface area contributed by atoms with Crippen LogP contribution in [0.3, 0.4) is 0 Å². The van der Waals surface area contributed by atoms with Crippen LogP contribution in [0.5, 0.6) is 0 Å². The Morgan fingerprint density at radius 1 is 1.31 bits per heavy atom. The van der Waals surface area contributed by atoms with E-state index in [1.165, 1.54) is 10.6 Å². The van der Waals surface area contributed by atoms with Gasteiger partial charge >= 0.3 is 0 Å². The molecule has 2 heterocycles. The smallest absolute Gasteiger partial charge is 0.254 e. The van der Waals surface area contributed by atoms with Crippen molar-refractivity contribution in [2.75, 3.05) is 11.6 Å². The number of carbonyl (C=O) groups is 2. The summed E-state index contributed by atoms with van der Waals surface area (Å²) < 4.78 is 0. The third kappa shape index (κ3) is 2.85. The minimum absolute atomic E-state index is 0.0262. The molecule has 2 unspecified atom stereocenters. The van der Waals surface area contributed by atoms with Crippen molar-refractivity contribution in [1.82, 2.24) is 4.90 Å². The largest absolute Gasteiger partial charge is 0.335 e. The van der Waals surface area contributed by atoms with Crippen LogP contribution in [0.4, 0.5) is 5.69 Å². The molecule has 1 aromatic rings. The molecule has 1 saturated carbocycles. The highest BCUT2D eigenvalue weighted by Crippen LogP contribution is 2.47. The van der Waals surface area contributed by atoms with E-state index in [1.807, 2.05) is 31.2 Å². The third-order valence-electron chi connectivity index (χ3n) is 5.81. The molecular formula is C21H25N3O2. The van der Waals surface area contributed by atoms with Crippen molar-refractivity contribution in [3.05, 3.63) is 41.5 Å². The molecule has 1 aromatic carbocycles. The number of hydrazone groups is 1. The molecular weight excluding hydrogens is 326 g/mol. The standard InChI is InChI=1S/C21H25N3O2/c1-4-15-10-18-12-21(3,11-15)13-23(18)20(26)16-5-7-17(8-6-16)24-19(25)9-14(2)22-24/h4-8,18H,9-13H2,1-3H3/b15-4-. The number of likely N-dealkylation sites (tertiary alicyclic amines) is 1. The van der Waals surface area contributed by atoms with Gasteiger partial charge in [-0.15, -0.1) is 0 Å². The molecule has 5 nitrogen and oxygen atoms in total. The molecule has 3 aliphatic rings. The van der Waals surface area contributed by atoms with Crippen LogP contribution in [-0.2, 0) is 4.79 Å². The van der Waals surface area contributed by atoms with Crippen LogP contribution >= 0.6 is 0 Å². The van der Waals surface area contributed by atoms with Gasteiger partial charge in [-0.1, -0.05) is 18.6 Å². The summed E-state index contributed by atoms with van der Waals surface area (Å²) in [5, 5.41) is 5.68. The molecule has 2 amide bonds. The fraction of sp³-hybridized carbons (Fsp3) is 0.476. The number of fused-ring (bicyclic) bond motifs is 2. The quantitative estimate of drug-likeness (QED) is 0.762. The van der Waals surface area contributed by atoms with Gasteiger partial charge in [0, 0.05) is 23.9 Å². The Labute approximate surface area is 154 Å². The van der Waals surface area contributed by atoms with Gasteiger partial charge in [0.1, 0.15) is 0 Å². The average Bonchev–Trinajstić information content (AvgIpc) is 3.08. The highest BCUT2D eigenvalue weighted by atomic mass is 16.2. The average molecular weight is 351 g/mol.